The van der Waals surface area contributed by atoms with Gasteiger partial charge in [-0.2, -0.15) is 0 Å². The minimum absolute atomic E-state index is 0.0463. The Balaban J connectivity index is 2.36. The molecule has 0 radical (unpaired) electrons. The first kappa shape index (κ1) is 16.1. The Kier molecular flexibility index (Phi) is 4.75. The van der Waals surface area contributed by atoms with E-state index in [2.05, 4.69) is 10.3 Å². The molecule has 0 aromatic heterocycles. The van der Waals surface area contributed by atoms with Gasteiger partial charge in [0.05, 0.1) is 6.04 Å². The van der Waals surface area contributed by atoms with Gasteiger partial charge in [0.1, 0.15) is 5.69 Å². The summed E-state index contributed by atoms with van der Waals surface area (Å²) in [5.41, 5.74) is -1.07. The van der Waals surface area contributed by atoms with Crippen molar-refractivity contribution in [3.63, 3.8) is 0 Å². The number of amidine groups is 1. The Bertz CT molecular complexity index is 559. The highest BCUT2D eigenvalue weighted by Crippen LogP contribution is 2.30. The van der Waals surface area contributed by atoms with E-state index in [1.54, 1.807) is 0 Å². The fourth-order valence-corrected chi connectivity index (χ4v) is 2.84. The highest BCUT2D eigenvalue weighted by atomic mass is 32.2. The van der Waals surface area contributed by atoms with Crippen molar-refractivity contribution < 1.29 is 22.0 Å². The lowest BCUT2D eigenvalue weighted by Gasteiger charge is -2.23. The number of nitrogens with zero attached hydrogens (tertiary/aromatic N) is 1. The van der Waals surface area contributed by atoms with E-state index in [1.165, 1.54) is 11.8 Å². The van der Waals surface area contributed by atoms with E-state index >= 15 is 0 Å². The Hall–Kier alpha value is -1.31. The molecule has 0 bridgehead atoms. The van der Waals surface area contributed by atoms with Crippen molar-refractivity contribution in [2.45, 2.75) is 26.3 Å². The van der Waals surface area contributed by atoms with Crippen LogP contribution in [0.25, 0.3) is 0 Å². The maximum absolute atomic E-state index is 13.6. The van der Waals surface area contributed by atoms with E-state index in [0.29, 0.717) is 5.75 Å². The summed E-state index contributed by atoms with van der Waals surface area (Å²) in [7, 11) is 0. The van der Waals surface area contributed by atoms with Gasteiger partial charge in [0.25, 0.3) is 0 Å². The van der Waals surface area contributed by atoms with E-state index in [0.717, 1.165) is 6.42 Å². The molecule has 1 aliphatic heterocycles. The molecular weight excluding hydrogens is 311 g/mol. The zero-order valence-corrected chi connectivity index (χ0v) is 12.1. The van der Waals surface area contributed by atoms with Crippen LogP contribution in [0.3, 0.4) is 0 Å². The Morgan fingerprint density at radius 2 is 1.52 bits per heavy atom. The summed E-state index contributed by atoms with van der Waals surface area (Å²) in [4.78, 5) is 4.24. The maximum Gasteiger partial charge on any atom is 0.200 e. The number of hydrogen-bond donors (Lipinski definition) is 1. The Labute approximate surface area is 122 Å². The molecule has 8 heteroatoms. The first-order valence-corrected chi connectivity index (χ1v) is 7.30. The molecule has 0 aliphatic carbocycles. The number of thioether (sulfide) groups is 1. The summed E-state index contributed by atoms with van der Waals surface area (Å²) in [6.45, 7) is 3.89. The van der Waals surface area contributed by atoms with Gasteiger partial charge in [-0.05, 0) is 12.3 Å². The normalized spacial score (nSPS) is 18.9. The van der Waals surface area contributed by atoms with E-state index in [-0.39, 0.29) is 17.1 Å². The second-order valence-corrected chi connectivity index (χ2v) is 6.04. The largest absolute Gasteiger partial charge is 0.330 e. The molecule has 1 aromatic rings. The predicted molar refractivity (Wildman–Crippen MR) is 73.0 cm³/mol. The van der Waals surface area contributed by atoms with Crippen LogP contribution in [0.4, 0.5) is 27.6 Å². The third kappa shape index (κ3) is 3.14. The summed E-state index contributed by atoms with van der Waals surface area (Å²) >= 11 is 1.18. The molecule has 0 saturated heterocycles. The Morgan fingerprint density at radius 3 is 2.05 bits per heavy atom. The lowest BCUT2D eigenvalue weighted by atomic mass is 10.0. The minimum atomic E-state index is -2.17. The van der Waals surface area contributed by atoms with Crippen molar-refractivity contribution in [2.24, 2.45) is 10.9 Å². The molecule has 2 rings (SSSR count). The number of anilines is 1. The zero-order valence-electron chi connectivity index (χ0n) is 11.3. The monoisotopic (exact) mass is 324 g/mol. The van der Waals surface area contributed by atoms with Crippen molar-refractivity contribution in [3.05, 3.63) is 29.1 Å². The van der Waals surface area contributed by atoms with Crippen molar-refractivity contribution in [1.29, 1.82) is 0 Å². The van der Waals surface area contributed by atoms with Crippen LogP contribution in [0.5, 0.6) is 0 Å². The van der Waals surface area contributed by atoms with Gasteiger partial charge >= 0.3 is 0 Å². The predicted octanol–water partition coefficient (Wildman–Crippen LogP) is 4.31. The Morgan fingerprint density at radius 1 is 1.00 bits per heavy atom. The number of rotatable bonds is 2. The van der Waals surface area contributed by atoms with Gasteiger partial charge < -0.3 is 5.32 Å². The van der Waals surface area contributed by atoms with Crippen LogP contribution in [0.1, 0.15) is 20.3 Å². The topological polar surface area (TPSA) is 24.4 Å². The van der Waals surface area contributed by atoms with Gasteiger partial charge in [-0.1, -0.05) is 25.6 Å². The van der Waals surface area contributed by atoms with Crippen LogP contribution >= 0.6 is 11.8 Å². The molecule has 0 saturated carbocycles. The molecule has 0 spiro atoms. The summed E-state index contributed by atoms with van der Waals surface area (Å²) in [5.74, 6) is -9.02. The summed E-state index contributed by atoms with van der Waals surface area (Å²) in [6, 6.07) is -0.0463. The number of aliphatic imine (C=N–C) groups is 1. The molecule has 21 heavy (non-hydrogen) atoms. The summed E-state index contributed by atoms with van der Waals surface area (Å²) in [6.07, 6.45) is 0.796. The molecule has 1 unspecified atom stereocenters. The SMILES string of the molecule is CC(C)C1CCSC(Nc2c(F)c(F)c(F)c(F)c2F)=N1. The molecule has 1 aliphatic rings. The number of benzene rings is 1. The molecule has 1 atom stereocenters. The zero-order chi connectivity index (χ0) is 15.7. The number of nitrogens with one attached hydrogen (secondary N) is 1. The molecule has 0 fully saturated rings. The van der Waals surface area contributed by atoms with Crippen molar-refractivity contribution in [2.75, 3.05) is 11.1 Å². The summed E-state index contributed by atoms with van der Waals surface area (Å²) in [5, 5.41) is 2.38. The molecule has 1 N–H and O–H groups in total. The maximum atomic E-state index is 13.6. The average Bonchev–Trinajstić information content (AvgIpc) is 2.48. The molecule has 1 aromatic carbocycles. The quantitative estimate of drug-likeness (QED) is 0.498. The number of hydrogen-bond acceptors (Lipinski definition) is 3. The molecular formula is C13H13F5N2S. The minimum Gasteiger partial charge on any atom is -0.330 e. The van der Waals surface area contributed by atoms with Crippen LogP contribution < -0.4 is 5.32 Å². The van der Waals surface area contributed by atoms with Crippen molar-refractivity contribution in [3.8, 4) is 0 Å². The van der Waals surface area contributed by atoms with Gasteiger partial charge in [-0.15, -0.1) is 0 Å². The van der Waals surface area contributed by atoms with Gasteiger partial charge in [-0.3, -0.25) is 4.99 Å². The third-order valence-electron chi connectivity index (χ3n) is 3.15. The third-order valence-corrected chi connectivity index (χ3v) is 4.07. The summed E-state index contributed by atoms with van der Waals surface area (Å²) < 4.78 is 66.3. The first-order valence-electron chi connectivity index (χ1n) is 6.32. The molecule has 0 amide bonds. The first-order chi connectivity index (χ1) is 9.82. The van der Waals surface area contributed by atoms with Crippen LogP contribution in [0.15, 0.2) is 4.99 Å². The second kappa shape index (κ2) is 6.21. The van der Waals surface area contributed by atoms with E-state index in [4.69, 9.17) is 0 Å². The van der Waals surface area contributed by atoms with Gasteiger partial charge in [-0.25, -0.2) is 22.0 Å². The van der Waals surface area contributed by atoms with E-state index in [1.807, 2.05) is 13.8 Å². The van der Waals surface area contributed by atoms with Crippen LogP contribution in [0.2, 0.25) is 0 Å². The average molecular weight is 324 g/mol. The van der Waals surface area contributed by atoms with Crippen LogP contribution in [-0.2, 0) is 0 Å². The molecule has 1 heterocycles. The van der Waals surface area contributed by atoms with Crippen LogP contribution in [-0.4, -0.2) is 17.0 Å². The lowest BCUT2D eigenvalue weighted by molar-refractivity contribution is 0.382. The van der Waals surface area contributed by atoms with E-state index < -0.39 is 34.8 Å². The molecule has 116 valence electrons. The van der Waals surface area contributed by atoms with Crippen molar-refractivity contribution in [1.82, 2.24) is 0 Å². The van der Waals surface area contributed by atoms with Gasteiger partial charge in [0, 0.05) is 5.75 Å². The lowest BCUT2D eigenvalue weighted by Crippen LogP contribution is -2.25. The number of halogens is 5. The standard InChI is InChI=1S/C13H13F5N2S/c1-5(2)6-3-4-21-13(19-6)20-12-10(17)8(15)7(14)9(16)11(12)18/h5-6H,3-4H2,1-2H3,(H,19,20). The van der Waals surface area contributed by atoms with Gasteiger partial charge in [0.15, 0.2) is 28.4 Å². The fourth-order valence-electron chi connectivity index (χ4n) is 1.90. The smallest absolute Gasteiger partial charge is 0.200 e. The van der Waals surface area contributed by atoms with Crippen LogP contribution in [0, 0.1) is 35.0 Å². The second-order valence-electron chi connectivity index (χ2n) is 4.95. The highest BCUT2D eigenvalue weighted by Gasteiger charge is 2.27. The van der Waals surface area contributed by atoms with Crippen molar-refractivity contribution >= 4 is 22.6 Å². The van der Waals surface area contributed by atoms with Gasteiger partial charge in [0.2, 0.25) is 5.82 Å². The fraction of sp³-hybridized carbons (Fsp3) is 0.462. The highest BCUT2D eigenvalue weighted by molar-refractivity contribution is 8.14. The molecule has 2 nitrogen and oxygen atoms in total. The van der Waals surface area contributed by atoms with E-state index in [9.17, 15) is 22.0 Å².